The van der Waals surface area contributed by atoms with E-state index in [1.807, 2.05) is 0 Å². The maximum atomic E-state index is 13.9. The van der Waals surface area contributed by atoms with E-state index < -0.39 is 48.6 Å². The van der Waals surface area contributed by atoms with Crippen LogP contribution in [0.3, 0.4) is 0 Å². The molecule has 0 radical (unpaired) electrons. The molecule has 3 aromatic rings. The second kappa shape index (κ2) is 12.1. The molecule has 8 nitrogen and oxygen atoms in total. The van der Waals surface area contributed by atoms with Gasteiger partial charge in [-0.15, -0.1) is 0 Å². The molecule has 13 heteroatoms. The van der Waals surface area contributed by atoms with E-state index in [4.69, 9.17) is 20.9 Å². The molecule has 0 aliphatic heterocycles. The van der Waals surface area contributed by atoms with Crippen LogP contribution in [0.2, 0.25) is 5.02 Å². The fourth-order valence-electron chi connectivity index (χ4n) is 3.42. The van der Waals surface area contributed by atoms with Gasteiger partial charge in [0, 0.05) is 31.5 Å². The highest BCUT2D eigenvalue weighted by Gasteiger charge is 2.33. The van der Waals surface area contributed by atoms with Crippen molar-refractivity contribution < 1.29 is 36.4 Å². The lowest BCUT2D eigenvalue weighted by atomic mass is 10.1. The molecule has 2 amide bonds. The van der Waals surface area contributed by atoms with Crippen molar-refractivity contribution in [3.05, 3.63) is 70.8 Å². The molecule has 3 rings (SSSR count). The van der Waals surface area contributed by atoms with Crippen molar-refractivity contribution in [1.82, 2.24) is 15.6 Å². The number of carbonyl (C=O) groups excluding carboxylic acids is 2. The smallest absolute Gasteiger partial charge is 0.412 e. The van der Waals surface area contributed by atoms with E-state index in [0.717, 1.165) is 18.0 Å². The van der Waals surface area contributed by atoms with Crippen LogP contribution >= 0.6 is 11.6 Å². The minimum Gasteiger partial charge on any atom is -0.447 e. The fraction of sp³-hybridized carbons (Fsp3) is 0.292. The molecule has 2 aromatic carbocycles. The van der Waals surface area contributed by atoms with Crippen molar-refractivity contribution in [3.63, 3.8) is 0 Å². The van der Waals surface area contributed by atoms with Gasteiger partial charge in [0.25, 0.3) is 0 Å². The first-order valence-corrected chi connectivity index (χ1v) is 11.3. The number of hydrazine groups is 1. The summed E-state index contributed by atoms with van der Waals surface area (Å²) in [7, 11) is 0. The Bertz CT molecular complexity index is 1250. The number of rotatable bonds is 10. The maximum Gasteiger partial charge on any atom is 0.412 e. The second-order valence-corrected chi connectivity index (χ2v) is 8.55. The molecular weight excluding hydrogens is 520 g/mol. The number of amides is 2. The first-order valence-electron chi connectivity index (χ1n) is 10.9. The summed E-state index contributed by atoms with van der Waals surface area (Å²) in [5.74, 6) is -4.94. The molecule has 1 aromatic heterocycles. The van der Waals surface area contributed by atoms with E-state index in [1.165, 1.54) is 36.4 Å². The van der Waals surface area contributed by atoms with Crippen molar-refractivity contribution in [2.24, 2.45) is 0 Å². The van der Waals surface area contributed by atoms with Gasteiger partial charge in [-0.25, -0.2) is 27.8 Å². The predicted octanol–water partition coefficient (Wildman–Crippen LogP) is 5.79. The molecule has 0 fully saturated rings. The minimum absolute atomic E-state index is 0.0658. The number of alkyl halides is 2. The van der Waals surface area contributed by atoms with Crippen molar-refractivity contribution in [1.29, 1.82) is 0 Å². The number of nitrogens with zero attached hydrogens (tertiary/aromatic N) is 2. The number of anilines is 1. The van der Waals surface area contributed by atoms with Crippen LogP contribution in [0.4, 0.5) is 28.2 Å². The Kier molecular flexibility index (Phi) is 9.11. The summed E-state index contributed by atoms with van der Waals surface area (Å²) in [6, 6.07) is 9.58. The Labute approximate surface area is 214 Å². The zero-order valence-corrected chi connectivity index (χ0v) is 20.5. The summed E-state index contributed by atoms with van der Waals surface area (Å²) in [5, 5.41) is 6.61. The summed E-state index contributed by atoms with van der Waals surface area (Å²) in [6.07, 6.45) is -1.91. The molecular formula is C24H23ClF4N4O4. The highest BCUT2D eigenvalue weighted by atomic mass is 35.5. The van der Waals surface area contributed by atoms with E-state index in [2.05, 4.69) is 15.9 Å². The number of nitrogens with one attached hydrogen (secondary N) is 2. The number of benzene rings is 2. The number of hydrogen-bond acceptors (Lipinski definition) is 6. The van der Waals surface area contributed by atoms with Crippen molar-refractivity contribution in [2.45, 2.75) is 38.8 Å². The first kappa shape index (κ1) is 27.9. The topological polar surface area (TPSA) is 96.7 Å². The Hall–Kier alpha value is -3.64. The predicted molar refractivity (Wildman–Crippen MR) is 127 cm³/mol. The summed E-state index contributed by atoms with van der Waals surface area (Å²) < 4.78 is 65.1. The molecule has 0 saturated heterocycles. The lowest BCUT2D eigenvalue weighted by molar-refractivity contribution is -0.139. The fourth-order valence-corrected chi connectivity index (χ4v) is 3.61. The standard InChI is InChI=1S/C24H23ClF4N4O4/c1-14(34)33(30-12-16-6-4-8-19(27)22(16)25)18(11-24(2,28)29)13-36-23(35)31-21-10-20(37-32-21)15-5-3-7-17(26)9-15/h3-10,18,30H,11-13H2,1-2H3,(H,31,32,35)/t18-/m0/s1. The molecule has 0 aliphatic rings. The molecule has 0 saturated carbocycles. The average Bonchev–Trinajstić information content (AvgIpc) is 3.27. The van der Waals surface area contributed by atoms with E-state index >= 15 is 0 Å². The Morgan fingerprint density at radius 2 is 1.92 bits per heavy atom. The molecule has 198 valence electrons. The van der Waals surface area contributed by atoms with Gasteiger partial charge >= 0.3 is 6.09 Å². The first-order chi connectivity index (χ1) is 17.4. The van der Waals surface area contributed by atoms with Crippen molar-refractivity contribution >= 4 is 29.4 Å². The van der Waals surface area contributed by atoms with Gasteiger partial charge in [-0.2, -0.15) is 0 Å². The van der Waals surface area contributed by atoms with E-state index in [0.29, 0.717) is 12.5 Å². The number of carbonyl (C=O) groups is 2. The summed E-state index contributed by atoms with van der Waals surface area (Å²) in [5.41, 5.74) is 3.32. The molecule has 2 N–H and O–H groups in total. The highest BCUT2D eigenvalue weighted by Crippen LogP contribution is 2.25. The van der Waals surface area contributed by atoms with Crippen LogP contribution in [0.1, 0.15) is 25.8 Å². The van der Waals surface area contributed by atoms with Crippen LogP contribution in [0.5, 0.6) is 0 Å². The highest BCUT2D eigenvalue weighted by molar-refractivity contribution is 6.31. The lowest BCUT2D eigenvalue weighted by Gasteiger charge is -2.32. The zero-order chi connectivity index (χ0) is 27.2. The van der Waals surface area contributed by atoms with E-state index in [9.17, 15) is 27.2 Å². The second-order valence-electron chi connectivity index (χ2n) is 8.18. The molecule has 37 heavy (non-hydrogen) atoms. The average molecular weight is 543 g/mol. The third-order valence-corrected chi connectivity index (χ3v) is 5.45. The molecule has 1 atom stereocenters. The molecule has 0 bridgehead atoms. The van der Waals surface area contributed by atoms with Gasteiger partial charge in [0.05, 0.1) is 11.1 Å². The SMILES string of the molecule is CC(=O)N(NCc1cccc(F)c1Cl)[C@H](COC(=O)Nc1cc(-c2cccc(F)c2)on1)CC(C)(F)F. The summed E-state index contributed by atoms with van der Waals surface area (Å²) in [6.45, 7) is 1.01. The maximum absolute atomic E-state index is 13.9. The normalized spacial score (nSPS) is 12.2. The number of halogens is 5. The summed E-state index contributed by atoms with van der Waals surface area (Å²) in [4.78, 5) is 24.5. The lowest BCUT2D eigenvalue weighted by Crippen LogP contribution is -2.52. The number of aromatic nitrogens is 1. The van der Waals surface area contributed by atoms with Gasteiger partial charge in [-0.1, -0.05) is 41.0 Å². The van der Waals surface area contributed by atoms with E-state index in [-0.39, 0.29) is 28.7 Å². The van der Waals surface area contributed by atoms with Gasteiger partial charge in [-0.3, -0.25) is 15.1 Å². The van der Waals surface area contributed by atoms with Crippen molar-refractivity contribution in [3.8, 4) is 11.3 Å². The number of ether oxygens (including phenoxy) is 1. The quantitative estimate of drug-likeness (QED) is 0.249. The van der Waals surface area contributed by atoms with Crippen LogP contribution in [0, 0.1) is 11.6 Å². The Morgan fingerprint density at radius 3 is 2.59 bits per heavy atom. The zero-order valence-electron chi connectivity index (χ0n) is 19.7. The van der Waals surface area contributed by atoms with Gasteiger partial charge in [0.15, 0.2) is 11.6 Å². The monoisotopic (exact) mass is 542 g/mol. The van der Waals surface area contributed by atoms with Crippen LogP contribution in [-0.4, -0.2) is 40.7 Å². The van der Waals surface area contributed by atoms with E-state index in [1.54, 1.807) is 6.07 Å². The minimum atomic E-state index is -3.22. The third kappa shape index (κ3) is 8.19. The molecule has 0 spiro atoms. The Morgan fingerprint density at radius 1 is 1.19 bits per heavy atom. The third-order valence-electron chi connectivity index (χ3n) is 5.03. The van der Waals surface area contributed by atoms with Gasteiger partial charge in [0.1, 0.15) is 18.2 Å². The van der Waals surface area contributed by atoms with Crippen LogP contribution in [0.25, 0.3) is 11.3 Å². The van der Waals surface area contributed by atoms with Gasteiger partial charge in [-0.05, 0) is 30.7 Å². The molecule has 0 unspecified atom stereocenters. The van der Waals surface area contributed by atoms with Crippen molar-refractivity contribution in [2.75, 3.05) is 11.9 Å². The molecule has 0 aliphatic carbocycles. The molecule has 1 heterocycles. The largest absolute Gasteiger partial charge is 0.447 e. The van der Waals surface area contributed by atoms with Crippen LogP contribution < -0.4 is 10.7 Å². The van der Waals surface area contributed by atoms with Crippen LogP contribution in [-0.2, 0) is 16.1 Å². The van der Waals surface area contributed by atoms with Gasteiger partial charge in [0.2, 0.25) is 11.8 Å². The number of hydrogen-bond donors (Lipinski definition) is 2. The van der Waals surface area contributed by atoms with Crippen LogP contribution in [0.15, 0.2) is 53.1 Å². The summed E-state index contributed by atoms with van der Waals surface area (Å²) >= 11 is 5.92. The Balaban J connectivity index is 1.66. The van der Waals surface area contributed by atoms with Gasteiger partial charge < -0.3 is 9.26 Å².